The predicted octanol–water partition coefficient (Wildman–Crippen LogP) is 4.17. The number of hydrogen-bond acceptors (Lipinski definition) is 3. The van der Waals surface area contributed by atoms with Crippen molar-refractivity contribution in [2.45, 2.75) is 18.9 Å². The maximum Gasteiger partial charge on any atom is 0.573 e. The second-order valence-electron chi connectivity index (χ2n) is 5.59. The van der Waals surface area contributed by atoms with Gasteiger partial charge in [-0.25, -0.2) is 9.18 Å². The van der Waals surface area contributed by atoms with Gasteiger partial charge in [-0.3, -0.25) is 9.69 Å². The van der Waals surface area contributed by atoms with Gasteiger partial charge in [0.2, 0.25) is 0 Å². The molecule has 10 heteroatoms. The molecule has 1 heterocycles. The lowest BCUT2D eigenvalue weighted by molar-refractivity contribution is -0.275. The second kappa shape index (κ2) is 7.07. The highest BCUT2D eigenvalue weighted by Crippen LogP contribution is 2.34. The molecule has 3 amide bonds. The van der Waals surface area contributed by atoms with Gasteiger partial charge in [0.15, 0.2) is 0 Å². The number of alkyl halides is 3. The van der Waals surface area contributed by atoms with Gasteiger partial charge in [-0.2, -0.15) is 0 Å². The quantitative estimate of drug-likeness (QED) is 0.617. The standard InChI is InChI=1S/C17H11ClF4N2O3/c18-11-5-3-6-12(19)10(11)8-24-15(25)14(23-16(24)26)9-4-1-2-7-13(9)27-17(20,21)22/h1-7,14H,8H2,(H,23,26)/t14-/m1/s1. The van der Waals surface area contributed by atoms with Crippen molar-refractivity contribution in [3.05, 3.63) is 64.4 Å². The molecule has 27 heavy (non-hydrogen) atoms. The minimum Gasteiger partial charge on any atom is -0.405 e. The molecule has 1 aliphatic heterocycles. The van der Waals surface area contributed by atoms with Crippen LogP contribution < -0.4 is 10.1 Å². The first-order chi connectivity index (χ1) is 12.7. The Hall–Kier alpha value is -2.81. The minimum atomic E-state index is -4.97. The summed E-state index contributed by atoms with van der Waals surface area (Å²) in [4.78, 5) is 25.4. The predicted molar refractivity (Wildman–Crippen MR) is 86.4 cm³/mol. The van der Waals surface area contributed by atoms with Crippen molar-refractivity contribution >= 4 is 23.5 Å². The summed E-state index contributed by atoms with van der Waals surface area (Å²) >= 11 is 5.90. The van der Waals surface area contributed by atoms with Gasteiger partial charge in [0, 0.05) is 16.1 Å². The Bertz CT molecular complexity index is 884. The molecular weight excluding hydrogens is 392 g/mol. The summed E-state index contributed by atoms with van der Waals surface area (Å²) in [6.07, 6.45) is -4.97. The number of amides is 3. The largest absolute Gasteiger partial charge is 0.573 e. The summed E-state index contributed by atoms with van der Waals surface area (Å²) in [6.45, 7) is -0.463. The molecule has 0 aliphatic carbocycles. The van der Waals surface area contributed by atoms with Crippen LogP contribution in [0, 0.1) is 5.82 Å². The number of carbonyl (C=O) groups excluding carboxylic acids is 2. The fourth-order valence-corrected chi connectivity index (χ4v) is 2.88. The molecule has 1 aliphatic rings. The summed E-state index contributed by atoms with van der Waals surface area (Å²) in [7, 11) is 0. The van der Waals surface area contributed by atoms with E-state index in [0.717, 1.165) is 12.1 Å². The molecule has 0 radical (unpaired) electrons. The van der Waals surface area contributed by atoms with Gasteiger partial charge >= 0.3 is 12.4 Å². The van der Waals surface area contributed by atoms with Crippen LogP contribution in [-0.2, 0) is 11.3 Å². The van der Waals surface area contributed by atoms with E-state index in [9.17, 15) is 27.2 Å². The molecule has 142 valence electrons. The first-order valence-corrected chi connectivity index (χ1v) is 7.94. The van der Waals surface area contributed by atoms with Crippen LogP contribution in [0.2, 0.25) is 5.02 Å². The molecule has 2 aromatic carbocycles. The van der Waals surface area contributed by atoms with Gasteiger partial charge in [-0.15, -0.1) is 13.2 Å². The number of para-hydroxylation sites is 1. The molecule has 5 nitrogen and oxygen atoms in total. The first kappa shape index (κ1) is 19.0. The van der Waals surface area contributed by atoms with Gasteiger partial charge in [0.05, 0.1) is 6.54 Å². The zero-order chi connectivity index (χ0) is 19.8. The Morgan fingerprint density at radius 1 is 1.11 bits per heavy atom. The SMILES string of the molecule is O=C1N[C@H](c2ccccc2OC(F)(F)F)C(=O)N1Cc1c(F)cccc1Cl. The van der Waals surface area contributed by atoms with Crippen molar-refractivity contribution in [2.24, 2.45) is 0 Å². The fourth-order valence-electron chi connectivity index (χ4n) is 2.66. The number of nitrogens with one attached hydrogen (secondary N) is 1. The topological polar surface area (TPSA) is 58.6 Å². The molecule has 3 rings (SSSR count). The number of imide groups is 1. The molecule has 0 saturated carbocycles. The molecule has 1 saturated heterocycles. The van der Waals surface area contributed by atoms with Crippen LogP contribution in [0.3, 0.4) is 0 Å². The molecule has 0 bridgehead atoms. The van der Waals surface area contributed by atoms with Crippen molar-refractivity contribution in [1.82, 2.24) is 10.2 Å². The van der Waals surface area contributed by atoms with Crippen LogP contribution in [0.25, 0.3) is 0 Å². The molecule has 0 unspecified atom stereocenters. The third-order valence-corrected chi connectivity index (χ3v) is 4.21. The van der Waals surface area contributed by atoms with E-state index in [1.54, 1.807) is 0 Å². The third-order valence-electron chi connectivity index (χ3n) is 3.86. The Morgan fingerprint density at radius 2 is 1.81 bits per heavy atom. The first-order valence-electron chi connectivity index (χ1n) is 7.57. The number of urea groups is 1. The van der Waals surface area contributed by atoms with E-state index in [1.807, 2.05) is 0 Å². The van der Waals surface area contributed by atoms with E-state index in [2.05, 4.69) is 10.1 Å². The molecule has 0 aromatic heterocycles. The Labute approximate surface area is 155 Å². The average Bonchev–Trinajstić information content (AvgIpc) is 2.85. The van der Waals surface area contributed by atoms with Crippen LogP contribution in [0.1, 0.15) is 17.2 Å². The fraction of sp³-hybridized carbons (Fsp3) is 0.176. The normalized spacial score (nSPS) is 17.2. The highest BCUT2D eigenvalue weighted by atomic mass is 35.5. The molecular formula is C17H11ClF4N2O3. The average molecular weight is 403 g/mol. The summed E-state index contributed by atoms with van der Waals surface area (Å²) in [5.74, 6) is -2.18. The molecule has 1 fully saturated rings. The number of ether oxygens (including phenoxy) is 1. The van der Waals surface area contributed by atoms with E-state index in [4.69, 9.17) is 11.6 Å². The summed E-state index contributed by atoms with van der Waals surface area (Å²) < 4.78 is 55.6. The number of carbonyl (C=O) groups is 2. The molecule has 1 atom stereocenters. The van der Waals surface area contributed by atoms with Crippen LogP contribution in [0.4, 0.5) is 22.4 Å². The highest BCUT2D eigenvalue weighted by Gasteiger charge is 2.42. The highest BCUT2D eigenvalue weighted by molar-refractivity contribution is 6.31. The number of hydrogen-bond donors (Lipinski definition) is 1. The summed E-state index contributed by atoms with van der Waals surface area (Å²) in [5, 5.41) is 2.29. The lowest BCUT2D eigenvalue weighted by Crippen LogP contribution is -2.30. The van der Waals surface area contributed by atoms with Gasteiger partial charge < -0.3 is 10.1 Å². The van der Waals surface area contributed by atoms with E-state index < -0.39 is 42.5 Å². The molecule has 0 spiro atoms. The van der Waals surface area contributed by atoms with Crippen molar-refractivity contribution in [3.63, 3.8) is 0 Å². The van der Waals surface area contributed by atoms with Crippen molar-refractivity contribution in [1.29, 1.82) is 0 Å². The zero-order valence-electron chi connectivity index (χ0n) is 13.4. The molecule has 1 N–H and O–H groups in total. The monoisotopic (exact) mass is 402 g/mol. The minimum absolute atomic E-state index is 0.0138. The Kier molecular flexibility index (Phi) is 4.97. The van der Waals surface area contributed by atoms with Crippen molar-refractivity contribution < 1.29 is 31.9 Å². The summed E-state index contributed by atoms with van der Waals surface area (Å²) in [5.41, 5.74) is -0.251. The smallest absolute Gasteiger partial charge is 0.405 e. The van der Waals surface area contributed by atoms with E-state index >= 15 is 0 Å². The number of halogens is 5. The van der Waals surface area contributed by atoms with Gasteiger partial charge in [-0.05, 0) is 18.2 Å². The number of benzene rings is 2. The Morgan fingerprint density at radius 3 is 2.48 bits per heavy atom. The van der Waals surface area contributed by atoms with E-state index in [0.29, 0.717) is 4.90 Å². The van der Waals surface area contributed by atoms with Crippen LogP contribution in [-0.4, -0.2) is 23.2 Å². The number of rotatable bonds is 4. The Balaban J connectivity index is 1.89. The summed E-state index contributed by atoms with van der Waals surface area (Å²) in [6, 6.07) is 6.53. The van der Waals surface area contributed by atoms with Crippen molar-refractivity contribution in [3.8, 4) is 5.75 Å². The number of nitrogens with zero attached hydrogens (tertiary/aromatic N) is 1. The molecule has 2 aromatic rings. The lowest BCUT2D eigenvalue weighted by atomic mass is 10.1. The van der Waals surface area contributed by atoms with Gasteiger partial charge in [-0.1, -0.05) is 35.9 Å². The maximum absolute atomic E-state index is 13.9. The van der Waals surface area contributed by atoms with Crippen molar-refractivity contribution in [2.75, 3.05) is 0 Å². The van der Waals surface area contributed by atoms with Crippen LogP contribution >= 0.6 is 11.6 Å². The lowest BCUT2D eigenvalue weighted by Gasteiger charge is -2.17. The van der Waals surface area contributed by atoms with E-state index in [1.165, 1.54) is 30.3 Å². The van der Waals surface area contributed by atoms with Crippen LogP contribution in [0.5, 0.6) is 5.75 Å². The van der Waals surface area contributed by atoms with Crippen LogP contribution in [0.15, 0.2) is 42.5 Å². The second-order valence-corrected chi connectivity index (χ2v) is 6.00. The van der Waals surface area contributed by atoms with E-state index in [-0.39, 0.29) is 16.1 Å². The van der Waals surface area contributed by atoms with Gasteiger partial charge in [0.25, 0.3) is 5.91 Å². The van der Waals surface area contributed by atoms with Gasteiger partial charge in [0.1, 0.15) is 17.6 Å². The maximum atomic E-state index is 13.9. The third kappa shape index (κ3) is 3.97. The zero-order valence-corrected chi connectivity index (χ0v) is 14.1.